The Morgan fingerprint density at radius 3 is 2.42 bits per heavy atom. The molecule has 0 atom stereocenters. The Kier molecular flexibility index (Phi) is 3.90. The zero-order valence-corrected chi connectivity index (χ0v) is 10.3. The molecule has 1 nitrogen and oxygen atoms in total. The van der Waals surface area contributed by atoms with Crippen molar-refractivity contribution in [3.8, 4) is 0 Å². The standard InChI is InChI=1S/C14H8ClF3O/c15-14-9(2-1-3-11(14)17)13(19)7-8-4-5-10(16)12(18)6-8/h1-6H,7H2. The average Bonchev–Trinajstić information content (AvgIpc) is 2.37. The first-order chi connectivity index (χ1) is 8.99. The van der Waals surface area contributed by atoms with E-state index in [1.54, 1.807) is 0 Å². The molecular weight excluding hydrogens is 277 g/mol. The number of hydrogen-bond acceptors (Lipinski definition) is 1. The normalized spacial score (nSPS) is 10.5. The van der Waals surface area contributed by atoms with Gasteiger partial charge in [-0.3, -0.25) is 4.79 Å². The summed E-state index contributed by atoms with van der Waals surface area (Å²) in [6.45, 7) is 0. The Hall–Kier alpha value is -1.81. The van der Waals surface area contributed by atoms with Crippen molar-refractivity contribution in [2.75, 3.05) is 0 Å². The minimum Gasteiger partial charge on any atom is -0.294 e. The minimum absolute atomic E-state index is 0.0198. The van der Waals surface area contributed by atoms with Gasteiger partial charge >= 0.3 is 0 Å². The van der Waals surface area contributed by atoms with Crippen LogP contribution in [0.1, 0.15) is 15.9 Å². The number of carbonyl (C=O) groups is 1. The number of Topliss-reactive ketones (excluding diaryl/α,β-unsaturated/α-hetero) is 1. The monoisotopic (exact) mass is 284 g/mol. The van der Waals surface area contributed by atoms with Gasteiger partial charge in [0.25, 0.3) is 0 Å². The number of benzene rings is 2. The van der Waals surface area contributed by atoms with Crippen molar-refractivity contribution in [1.29, 1.82) is 0 Å². The summed E-state index contributed by atoms with van der Waals surface area (Å²) in [4.78, 5) is 11.9. The Morgan fingerprint density at radius 1 is 1.00 bits per heavy atom. The van der Waals surface area contributed by atoms with Crippen molar-refractivity contribution in [3.63, 3.8) is 0 Å². The fourth-order valence-corrected chi connectivity index (χ4v) is 1.88. The van der Waals surface area contributed by atoms with Gasteiger partial charge in [-0.25, -0.2) is 13.2 Å². The molecule has 0 aliphatic carbocycles. The first kappa shape index (κ1) is 13.6. The molecule has 0 bridgehead atoms. The lowest BCUT2D eigenvalue weighted by Gasteiger charge is -2.05. The Balaban J connectivity index is 2.26. The molecule has 0 spiro atoms. The molecule has 2 aromatic rings. The van der Waals surface area contributed by atoms with Crippen LogP contribution in [0.15, 0.2) is 36.4 Å². The lowest BCUT2D eigenvalue weighted by Crippen LogP contribution is -2.05. The van der Waals surface area contributed by atoms with Crippen LogP contribution in [0.5, 0.6) is 0 Å². The summed E-state index contributed by atoms with van der Waals surface area (Å²) in [6, 6.07) is 7.04. The molecule has 5 heteroatoms. The smallest absolute Gasteiger partial charge is 0.168 e. The molecule has 0 aromatic heterocycles. The van der Waals surface area contributed by atoms with E-state index in [0.29, 0.717) is 5.56 Å². The Morgan fingerprint density at radius 2 is 1.74 bits per heavy atom. The van der Waals surface area contributed by atoms with E-state index < -0.39 is 23.2 Å². The Bertz CT molecular complexity index is 641. The summed E-state index contributed by atoms with van der Waals surface area (Å²) >= 11 is 5.68. The van der Waals surface area contributed by atoms with Gasteiger partial charge in [0.2, 0.25) is 0 Å². The number of halogens is 4. The first-order valence-electron chi connectivity index (χ1n) is 5.40. The van der Waals surface area contributed by atoms with E-state index in [0.717, 1.165) is 18.2 Å². The fraction of sp³-hybridized carbons (Fsp3) is 0.0714. The van der Waals surface area contributed by atoms with Gasteiger partial charge in [0.1, 0.15) is 5.82 Å². The van der Waals surface area contributed by atoms with Crippen molar-refractivity contribution in [2.45, 2.75) is 6.42 Å². The number of hydrogen-bond donors (Lipinski definition) is 0. The van der Waals surface area contributed by atoms with Crippen LogP contribution in [0.2, 0.25) is 5.02 Å². The molecule has 2 rings (SSSR count). The lowest BCUT2D eigenvalue weighted by atomic mass is 10.0. The van der Waals surface area contributed by atoms with E-state index in [-0.39, 0.29) is 17.0 Å². The molecule has 98 valence electrons. The molecule has 0 aliphatic heterocycles. The van der Waals surface area contributed by atoms with Crippen LogP contribution in [-0.4, -0.2) is 5.78 Å². The predicted octanol–water partition coefficient (Wildman–Crippen LogP) is 4.18. The third kappa shape index (κ3) is 2.96. The van der Waals surface area contributed by atoms with Crippen LogP contribution >= 0.6 is 11.6 Å². The van der Waals surface area contributed by atoms with E-state index >= 15 is 0 Å². The maximum Gasteiger partial charge on any atom is 0.168 e. The number of rotatable bonds is 3. The van der Waals surface area contributed by atoms with Crippen molar-refractivity contribution in [3.05, 3.63) is 70.0 Å². The predicted molar refractivity (Wildman–Crippen MR) is 65.8 cm³/mol. The second-order valence-corrected chi connectivity index (χ2v) is 4.33. The molecule has 0 N–H and O–H groups in total. The minimum atomic E-state index is -1.03. The molecule has 0 fully saturated rings. The van der Waals surface area contributed by atoms with Gasteiger partial charge in [-0.2, -0.15) is 0 Å². The van der Waals surface area contributed by atoms with Crippen LogP contribution in [-0.2, 0) is 6.42 Å². The zero-order valence-electron chi connectivity index (χ0n) is 9.59. The van der Waals surface area contributed by atoms with E-state index in [1.165, 1.54) is 18.2 Å². The zero-order chi connectivity index (χ0) is 14.0. The fourth-order valence-electron chi connectivity index (χ4n) is 1.65. The topological polar surface area (TPSA) is 17.1 Å². The molecule has 0 amide bonds. The highest BCUT2D eigenvalue weighted by Gasteiger charge is 2.14. The SMILES string of the molecule is O=C(Cc1ccc(F)c(F)c1)c1cccc(F)c1Cl. The van der Waals surface area contributed by atoms with Crippen molar-refractivity contribution in [1.82, 2.24) is 0 Å². The van der Waals surface area contributed by atoms with Gasteiger partial charge < -0.3 is 0 Å². The van der Waals surface area contributed by atoms with Crippen molar-refractivity contribution < 1.29 is 18.0 Å². The van der Waals surface area contributed by atoms with E-state index in [9.17, 15) is 18.0 Å². The summed E-state index contributed by atoms with van der Waals surface area (Å²) in [5.41, 5.74) is 0.315. The van der Waals surface area contributed by atoms with E-state index in [2.05, 4.69) is 0 Å². The average molecular weight is 285 g/mol. The van der Waals surface area contributed by atoms with E-state index in [4.69, 9.17) is 11.6 Å². The van der Waals surface area contributed by atoms with Gasteiger partial charge in [-0.05, 0) is 29.8 Å². The van der Waals surface area contributed by atoms with Gasteiger partial charge in [0, 0.05) is 12.0 Å². The summed E-state index contributed by atoms with van der Waals surface area (Å²) in [6.07, 6.45) is -0.180. The maximum atomic E-state index is 13.2. The van der Waals surface area contributed by atoms with Gasteiger partial charge in [-0.1, -0.05) is 23.7 Å². The van der Waals surface area contributed by atoms with Crippen LogP contribution in [0.25, 0.3) is 0 Å². The molecular formula is C14H8ClF3O. The highest BCUT2D eigenvalue weighted by atomic mass is 35.5. The number of ketones is 1. The molecule has 0 unspecified atom stereocenters. The van der Waals surface area contributed by atoms with Crippen LogP contribution in [0.4, 0.5) is 13.2 Å². The van der Waals surface area contributed by atoms with Crippen molar-refractivity contribution >= 4 is 17.4 Å². The Labute approximate surface area is 112 Å². The molecule has 2 aromatic carbocycles. The highest BCUT2D eigenvalue weighted by Crippen LogP contribution is 2.21. The van der Waals surface area contributed by atoms with Crippen molar-refractivity contribution in [2.24, 2.45) is 0 Å². The third-order valence-corrected chi connectivity index (χ3v) is 2.98. The quantitative estimate of drug-likeness (QED) is 0.773. The molecule has 0 saturated heterocycles. The summed E-state index contributed by atoms with van der Waals surface area (Å²) in [5.74, 6) is -3.18. The van der Waals surface area contributed by atoms with Crippen LogP contribution in [0, 0.1) is 17.5 Å². The van der Waals surface area contributed by atoms with Crippen LogP contribution in [0.3, 0.4) is 0 Å². The summed E-state index contributed by atoms with van der Waals surface area (Å²) in [5, 5.41) is -0.268. The summed E-state index contributed by atoms with van der Waals surface area (Å²) < 4.78 is 39.0. The van der Waals surface area contributed by atoms with Crippen LogP contribution < -0.4 is 0 Å². The molecule has 0 heterocycles. The summed E-state index contributed by atoms with van der Waals surface area (Å²) in [7, 11) is 0. The lowest BCUT2D eigenvalue weighted by molar-refractivity contribution is 0.0992. The first-order valence-corrected chi connectivity index (χ1v) is 5.78. The van der Waals surface area contributed by atoms with E-state index in [1.807, 2.05) is 0 Å². The molecule has 0 saturated carbocycles. The molecule has 0 aliphatic rings. The van der Waals surface area contributed by atoms with Gasteiger partial charge in [-0.15, -0.1) is 0 Å². The highest BCUT2D eigenvalue weighted by molar-refractivity contribution is 6.34. The largest absolute Gasteiger partial charge is 0.294 e. The third-order valence-electron chi connectivity index (χ3n) is 2.60. The number of carbonyl (C=O) groups excluding carboxylic acids is 1. The second kappa shape index (κ2) is 5.45. The van der Waals surface area contributed by atoms with Gasteiger partial charge in [0.15, 0.2) is 17.4 Å². The second-order valence-electron chi connectivity index (χ2n) is 3.95. The molecule has 0 radical (unpaired) electrons. The molecule has 19 heavy (non-hydrogen) atoms. The maximum absolute atomic E-state index is 13.2. The van der Waals surface area contributed by atoms with Gasteiger partial charge in [0.05, 0.1) is 5.02 Å².